The Kier molecular flexibility index (Phi) is 1.94. The van der Waals surface area contributed by atoms with Crippen LogP contribution in [0.4, 0.5) is 0 Å². The third-order valence-corrected chi connectivity index (χ3v) is 6.12. The van der Waals surface area contributed by atoms with Gasteiger partial charge in [-0.1, -0.05) is 0 Å². The molecular formula is C12H6Se2. The molecule has 2 aromatic heterocycles. The molecule has 0 aliphatic heterocycles. The molecule has 1 aromatic carbocycles. The molecule has 0 saturated carbocycles. The molecule has 0 nitrogen and oxygen atoms in total. The van der Waals surface area contributed by atoms with Gasteiger partial charge in [-0.05, 0) is 0 Å². The summed E-state index contributed by atoms with van der Waals surface area (Å²) in [5, 5.41) is 2.68. The number of rotatable bonds is 0. The van der Waals surface area contributed by atoms with Crippen LogP contribution < -0.4 is 0 Å². The normalized spacial score (nSPS) is 10.8. The Balaban J connectivity index is 2.68. The number of hydrogen-bond donors (Lipinski definition) is 0. The van der Waals surface area contributed by atoms with Crippen molar-refractivity contribution in [2.45, 2.75) is 0 Å². The minimum atomic E-state index is 0.454. The molecule has 0 fully saturated rings. The van der Waals surface area contributed by atoms with Gasteiger partial charge in [-0.25, -0.2) is 0 Å². The van der Waals surface area contributed by atoms with Crippen molar-refractivity contribution < 1.29 is 0 Å². The van der Waals surface area contributed by atoms with Gasteiger partial charge < -0.3 is 0 Å². The predicted molar refractivity (Wildman–Crippen MR) is 63.3 cm³/mol. The molecule has 3 rings (SSSR count). The zero-order valence-electron chi connectivity index (χ0n) is 7.28. The SMILES string of the molecule is C#Cc1c2cc[se]c2cc2cc[se]c12. The van der Waals surface area contributed by atoms with Crippen LogP contribution in [-0.4, -0.2) is 29.0 Å². The van der Waals surface area contributed by atoms with Gasteiger partial charge in [0.1, 0.15) is 0 Å². The molecule has 0 unspecified atom stereocenters. The summed E-state index contributed by atoms with van der Waals surface area (Å²) in [6.45, 7) is 0. The minimum absolute atomic E-state index is 0.454. The van der Waals surface area contributed by atoms with Crippen molar-refractivity contribution in [3.63, 3.8) is 0 Å². The van der Waals surface area contributed by atoms with Crippen LogP contribution in [-0.2, 0) is 0 Å². The van der Waals surface area contributed by atoms with Crippen LogP contribution in [0.3, 0.4) is 0 Å². The summed E-state index contributed by atoms with van der Waals surface area (Å²) in [5.74, 6) is 2.86. The van der Waals surface area contributed by atoms with E-state index in [-0.39, 0.29) is 0 Å². The van der Waals surface area contributed by atoms with Gasteiger partial charge in [0.15, 0.2) is 0 Å². The summed E-state index contributed by atoms with van der Waals surface area (Å²) in [6.07, 6.45) is 5.60. The van der Waals surface area contributed by atoms with Gasteiger partial charge in [0.05, 0.1) is 0 Å². The second kappa shape index (κ2) is 3.16. The van der Waals surface area contributed by atoms with Gasteiger partial charge in [-0.2, -0.15) is 0 Å². The molecule has 0 spiro atoms. The summed E-state index contributed by atoms with van der Waals surface area (Å²) in [6, 6.07) is 6.72. The van der Waals surface area contributed by atoms with Crippen LogP contribution >= 0.6 is 0 Å². The van der Waals surface area contributed by atoms with Crippen molar-refractivity contribution >= 4 is 48.3 Å². The van der Waals surface area contributed by atoms with Crippen molar-refractivity contribution in [3.05, 3.63) is 33.6 Å². The second-order valence-corrected chi connectivity index (χ2v) is 6.98. The zero-order chi connectivity index (χ0) is 9.54. The molecule has 0 amide bonds. The molecule has 0 N–H and O–H groups in total. The van der Waals surface area contributed by atoms with Gasteiger partial charge >= 0.3 is 94.3 Å². The topological polar surface area (TPSA) is 0 Å². The molecule has 2 heteroatoms. The summed E-state index contributed by atoms with van der Waals surface area (Å²) in [7, 11) is 0. The van der Waals surface area contributed by atoms with Gasteiger partial charge in [0.2, 0.25) is 0 Å². The van der Waals surface area contributed by atoms with E-state index >= 15 is 0 Å². The number of fused-ring (bicyclic) bond motifs is 2. The molecule has 0 atom stereocenters. The van der Waals surface area contributed by atoms with E-state index in [2.05, 4.69) is 34.0 Å². The van der Waals surface area contributed by atoms with E-state index < -0.39 is 0 Å². The Morgan fingerprint density at radius 1 is 1.14 bits per heavy atom. The second-order valence-electron chi connectivity index (χ2n) is 3.07. The van der Waals surface area contributed by atoms with E-state index in [4.69, 9.17) is 6.42 Å². The Morgan fingerprint density at radius 3 is 2.86 bits per heavy atom. The Hall–Kier alpha value is -0.701. The van der Waals surface area contributed by atoms with E-state index in [9.17, 15) is 0 Å². The van der Waals surface area contributed by atoms with E-state index in [1.165, 1.54) is 19.3 Å². The Bertz CT molecular complexity index is 601. The molecule has 14 heavy (non-hydrogen) atoms. The first-order valence-corrected chi connectivity index (χ1v) is 7.93. The van der Waals surface area contributed by atoms with Crippen LogP contribution in [0.1, 0.15) is 5.56 Å². The number of benzene rings is 1. The summed E-state index contributed by atoms with van der Waals surface area (Å²) in [4.78, 5) is 4.51. The predicted octanol–water partition coefficient (Wildman–Crippen LogP) is 2.09. The number of hydrogen-bond acceptors (Lipinski definition) is 0. The molecule has 0 aliphatic rings. The quantitative estimate of drug-likeness (QED) is 0.441. The zero-order valence-corrected chi connectivity index (χ0v) is 10.7. The molecule has 0 radical (unpaired) electrons. The van der Waals surface area contributed by atoms with Gasteiger partial charge in [-0.3, -0.25) is 0 Å². The maximum atomic E-state index is 5.60. The fourth-order valence-electron chi connectivity index (χ4n) is 1.68. The monoisotopic (exact) mass is 310 g/mol. The van der Waals surface area contributed by atoms with Gasteiger partial charge in [0, 0.05) is 0 Å². The average Bonchev–Trinajstić information content (AvgIpc) is 2.80. The third-order valence-electron chi connectivity index (χ3n) is 2.32. The molecular weight excluding hydrogens is 302 g/mol. The van der Waals surface area contributed by atoms with Crippen molar-refractivity contribution in [1.82, 2.24) is 0 Å². The Morgan fingerprint density at radius 2 is 2.00 bits per heavy atom. The molecule has 0 bridgehead atoms. The van der Waals surface area contributed by atoms with Crippen LogP contribution in [0.25, 0.3) is 19.3 Å². The van der Waals surface area contributed by atoms with Crippen molar-refractivity contribution in [3.8, 4) is 12.3 Å². The first-order valence-electron chi connectivity index (χ1n) is 4.24. The molecule has 0 aliphatic carbocycles. The summed E-state index contributed by atoms with van der Waals surface area (Å²) < 4.78 is 2.85. The van der Waals surface area contributed by atoms with Crippen LogP contribution in [0, 0.1) is 12.3 Å². The van der Waals surface area contributed by atoms with Gasteiger partial charge in [-0.15, -0.1) is 0 Å². The van der Waals surface area contributed by atoms with E-state index in [0.29, 0.717) is 29.0 Å². The summed E-state index contributed by atoms with van der Waals surface area (Å²) in [5.41, 5.74) is 1.15. The third kappa shape index (κ3) is 1.08. The summed E-state index contributed by atoms with van der Waals surface area (Å²) >= 11 is 0.953. The standard InChI is InChI=1S/C12H6Se2/c1-2-9-10-4-6-13-11(10)7-8-3-5-14-12(8)9/h1,3-7H. The molecule has 2 heterocycles. The fourth-order valence-corrected chi connectivity index (χ4v) is 5.34. The average molecular weight is 308 g/mol. The molecule has 3 aromatic rings. The first kappa shape index (κ1) is 8.59. The molecule has 66 valence electrons. The van der Waals surface area contributed by atoms with Crippen molar-refractivity contribution in [2.24, 2.45) is 0 Å². The van der Waals surface area contributed by atoms with E-state index in [1.807, 2.05) is 0 Å². The maximum absolute atomic E-state index is 5.60. The van der Waals surface area contributed by atoms with E-state index in [1.54, 1.807) is 0 Å². The first-order chi connectivity index (χ1) is 6.90. The van der Waals surface area contributed by atoms with Crippen LogP contribution in [0.2, 0.25) is 0 Å². The van der Waals surface area contributed by atoms with Crippen molar-refractivity contribution in [2.75, 3.05) is 0 Å². The van der Waals surface area contributed by atoms with E-state index in [0.717, 1.165) is 5.56 Å². The number of terminal acetylenes is 1. The van der Waals surface area contributed by atoms with Crippen LogP contribution in [0.5, 0.6) is 0 Å². The van der Waals surface area contributed by atoms with Crippen LogP contribution in [0.15, 0.2) is 28.1 Å². The van der Waals surface area contributed by atoms with Crippen molar-refractivity contribution in [1.29, 1.82) is 0 Å². The molecule has 0 saturated heterocycles. The Labute approximate surface area is 94.0 Å². The fraction of sp³-hybridized carbons (Fsp3) is 0. The van der Waals surface area contributed by atoms with Gasteiger partial charge in [0.25, 0.3) is 0 Å².